The van der Waals surface area contributed by atoms with E-state index >= 15 is 0 Å². The summed E-state index contributed by atoms with van der Waals surface area (Å²) in [5, 5.41) is 14.2. The van der Waals surface area contributed by atoms with Crippen LogP contribution in [-0.2, 0) is 4.79 Å². The average Bonchev–Trinajstić information content (AvgIpc) is 2.32. The van der Waals surface area contributed by atoms with Crippen LogP contribution >= 0.6 is 15.9 Å². The monoisotopic (exact) mass is 331 g/mol. The van der Waals surface area contributed by atoms with Crippen LogP contribution in [0.25, 0.3) is 0 Å². The lowest BCUT2D eigenvalue weighted by atomic mass is 9.94. The Balaban J connectivity index is 2.94. The SMILES string of the molecule is CC(C)C(C(=O)Nc1ccc(F)cc1Br)C(N)=NO. The summed E-state index contributed by atoms with van der Waals surface area (Å²) in [5.41, 5.74) is 5.92. The van der Waals surface area contributed by atoms with Crippen molar-refractivity contribution in [2.24, 2.45) is 22.7 Å². The first-order valence-corrected chi connectivity index (χ1v) is 6.39. The predicted octanol–water partition coefficient (Wildman–Crippen LogP) is 2.55. The Hall–Kier alpha value is -1.63. The first kappa shape index (κ1) is 15.4. The number of carbonyl (C=O) groups is 1. The summed E-state index contributed by atoms with van der Waals surface area (Å²) < 4.78 is 13.4. The zero-order valence-electron chi connectivity index (χ0n) is 10.5. The third-order valence-electron chi connectivity index (χ3n) is 2.57. The molecule has 5 nitrogen and oxygen atoms in total. The number of halogens is 2. The van der Waals surface area contributed by atoms with Crippen LogP contribution in [0.2, 0.25) is 0 Å². The van der Waals surface area contributed by atoms with Crippen molar-refractivity contribution >= 4 is 33.4 Å². The molecule has 0 fully saturated rings. The summed E-state index contributed by atoms with van der Waals surface area (Å²) in [6, 6.07) is 3.90. The molecule has 1 rings (SSSR count). The van der Waals surface area contributed by atoms with Crippen molar-refractivity contribution in [2.45, 2.75) is 13.8 Å². The predicted molar refractivity (Wildman–Crippen MR) is 74.5 cm³/mol. The van der Waals surface area contributed by atoms with Crippen LogP contribution < -0.4 is 11.1 Å². The maximum Gasteiger partial charge on any atom is 0.235 e. The van der Waals surface area contributed by atoms with E-state index in [9.17, 15) is 9.18 Å². The minimum Gasteiger partial charge on any atom is -0.409 e. The molecule has 4 N–H and O–H groups in total. The molecule has 0 spiro atoms. The molecule has 19 heavy (non-hydrogen) atoms. The number of anilines is 1. The zero-order valence-corrected chi connectivity index (χ0v) is 12.1. The van der Waals surface area contributed by atoms with E-state index < -0.39 is 17.6 Å². The van der Waals surface area contributed by atoms with Crippen molar-refractivity contribution in [2.75, 3.05) is 5.32 Å². The van der Waals surface area contributed by atoms with Gasteiger partial charge in [-0.1, -0.05) is 19.0 Å². The summed E-state index contributed by atoms with van der Waals surface area (Å²) in [6.07, 6.45) is 0. The second kappa shape index (κ2) is 6.51. The van der Waals surface area contributed by atoms with Gasteiger partial charge in [-0.15, -0.1) is 0 Å². The number of amides is 1. The lowest BCUT2D eigenvalue weighted by molar-refractivity contribution is -0.119. The van der Waals surface area contributed by atoms with E-state index in [0.29, 0.717) is 10.2 Å². The maximum absolute atomic E-state index is 12.9. The van der Waals surface area contributed by atoms with Gasteiger partial charge in [-0.05, 0) is 40.0 Å². The Labute approximate surface area is 118 Å². The van der Waals surface area contributed by atoms with E-state index in [0.717, 1.165) is 0 Å². The molecular weight excluding hydrogens is 317 g/mol. The second-order valence-electron chi connectivity index (χ2n) is 4.36. The van der Waals surface area contributed by atoms with Gasteiger partial charge in [-0.3, -0.25) is 4.79 Å². The van der Waals surface area contributed by atoms with Crippen LogP contribution in [0.15, 0.2) is 27.8 Å². The number of benzene rings is 1. The Morgan fingerprint density at radius 1 is 1.53 bits per heavy atom. The summed E-state index contributed by atoms with van der Waals surface area (Å²) in [6.45, 7) is 3.56. The van der Waals surface area contributed by atoms with Crippen LogP contribution in [0.1, 0.15) is 13.8 Å². The second-order valence-corrected chi connectivity index (χ2v) is 5.21. The van der Waals surface area contributed by atoms with Gasteiger partial charge in [0.05, 0.1) is 5.69 Å². The number of hydrogen-bond donors (Lipinski definition) is 3. The van der Waals surface area contributed by atoms with Crippen molar-refractivity contribution in [3.63, 3.8) is 0 Å². The van der Waals surface area contributed by atoms with Gasteiger partial charge in [0, 0.05) is 4.47 Å². The van der Waals surface area contributed by atoms with Gasteiger partial charge in [-0.25, -0.2) is 4.39 Å². The molecule has 7 heteroatoms. The Morgan fingerprint density at radius 2 is 2.16 bits per heavy atom. The molecule has 104 valence electrons. The number of nitrogens with one attached hydrogen (secondary N) is 1. The van der Waals surface area contributed by atoms with Crippen LogP contribution in [-0.4, -0.2) is 17.0 Å². The molecule has 1 aromatic rings. The van der Waals surface area contributed by atoms with Crippen LogP contribution in [0.3, 0.4) is 0 Å². The smallest absolute Gasteiger partial charge is 0.235 e. The third-order valence-corrected chi connectivity index (χ3v) is 3.23. The molecule has 1 amide bonds. The van der Waals surface area contributed by atoms with Crippen molar-refractivity contribution in [3.8, 4) is 0 Å². The fourth-order valence-corrected chi connectivity index (χ4v) is 2.09. The van der Waals surface area contributed by atoms with Gasteiger partial charge in [0.2, 0.25) is 5.91 Å². The number of carbonyl (C=O) groups excluding carboxylic acids is 1. The molecule has 0 aliphatic rings. The third kappa shape index (κ3) is 3.92. The summed E-state index contributed by atoms with van der Waals surface area (Å²) in [4.78, 5) is 12.1. The highest BCUT2D eigenvalue weighted by Gasteiger charge is 2.27. The average molecular weight is 332 g/mol. The largest absolute Gasteiger partial charge is 0.409 e. The molecule has 1 aromatic carbocycles. The first-order chi connectivity index (χ1) is 8.86. The first-order valence-electron chi connectivity index (χ1n) is 5.60. The fourth-order valence-electron chi connectivity index (χ4n) is 1.64. The molecule has 1 atom stereocenters. The van der Waals surface area contributed by atoms with E-state index in [1.165, 1.54) is 18.2 Å². The Bertz CT molecular complexity index is 506. The molecule has 0 heterocycles. The van der Waals surface area contributed by atoms with Crippen LogP contribution in [0, 0.1) is 17.7 Å². The van der Waals surface area contributed by atoms with E-state index in [1.54, 1.807) is 13.8 Å². The molecule has 0 saturated heterocycles. The van der Waals surface area contributed by atoms with Gasteiger partial charge in [0.1, 0.15) is 11.7 Å². The highest BCUT2D eigenvalue weighted by atomic mass is 79.9. The summed E-state index contributed by atoms with van der Waals surface area (Å²) >= 11 is 3.15. The van der Waals surface area contributed by atoms with Crippen molar-refractivity contribution < 1.29 is 14.4 Å². The van der Waals surface area contributed by atoms with Crippen molar-refractivity contribution in [1.82, 2.24) is 0 Å². The lowest BCUT2D eigenvalue weighted by Gasteiger charge is -2.19. The highest BCUT2D eigenvalue weighted by molar-refractivity contribution is 9.10. The molecule has 0 aromatic heterocycles. The number of hydrogen-bond acceptors (Lipinski definition) is 3. The normalized spacial score (nSPS) is 13.4. The minimum absolute atomic E-state index is 0.143. The van der Waals surface area contributed by atoms with Crippen molar-refractivity contribution in [3.05, 3.63) is 28.5 Å². The van der Waals surface area contributed by atoms with Crippen LogP contribution in [0.4, 0.5) is 10.1 Å². The number of oxime groups is 1. The van der Waals surface area contributed by atoms with E-state index in [-0.39, 0.29) is 11.8 Å². The molecule has 0 saturated carbocycles. The van der Waals surface area contributed by atoms with Gasteiger partial charge >= 0.3 is 0 Å². The summed E-state index contributed by atoms with van der Waals surface area (Å²) in [7, 11) is 0. The van der Waals surface area contributed by atoms with E-state index in [2.05, 4.69) is 26.4 Å². The highest BCUT2D eigenvalue weighted by Crippen LogP contribution is 2.24. The Kier molecular flexibility index (Phi) is 5.29. The van der Waals surface area contributed by atoms with Gasteiger partial charge in [-0.2, -0.15) is 0 Å². The molecule has 0 radical (unpaired) electrons. The molecular formula is C12H15BrFN3O2. The zero-order chi connectivity index (χ0) is 14.6. The number of rotatable bonds is 4. The van der Waals surface area contributed by atoms with Gasteiger partial charge < -0.3 is 16.3 Å². The molecule has 1 unspecified atom stereocenters. The van der Waals surface area contributed by atoms with Gasteiger partial charge in [0.15, 0.2) is 5.84 Å². The van der Waals surface area contributed by atoms with Crippen molar-refractivity contribution in [1.29, 1.82) is 0 Å². The van der Waals surface area contributed by atoms with E-state index in [4.69, 9.17) is 10.9 Å². The quantitative estimate of drug-likeness (QED) is 0.343. The standard InChI is InChI=1S/C12H15BrFN3O2/c1-6(2)10(11(15)17-19)12(18)16-9-4-3-7(14)5-8(9)13/h3-6,10,19H,1-2H3,(H2,15,17)(H,16,18). The maximum atomic E-state index is 12.9. The number of nitrogens with two attached hydrogens (primary N) is 1. The lowest BCUT2D eigenvalue weighted by Crippen LogP contribution is -2.38. The molecule has 0 bridgehead atoms. The number of amidine groups is 1. The fraction of sp³-hybridized carbons (Fsp3) is 0.333. The molecule has 0 aliphatic carbocycles. The van der Waals surface area contributed by atoms with Gasteiger partial charge in [0.25, 0.3) is 0 Å². The molecule has 0 aliphatic heterocycles. The van der Waals surface area contributed by atoms with E-state index in [1.807, 2.05) is 0 Å². The Morgan fingerprint density at radius 3 is 2.63 bits per heavy atom. The number of nitrogens with zero attached hydrogens (tertiary/aromatic N) is 1. The topological polar surface area (TPSA) is 87.7 Å². The minimum atomic E-state index is -0.762. The van der Waals surface area contributed by atoms with Crippen LogP contribution in [0.5, 0.6) is 0 Å². The summed E-state index contributed by atoms with van der Waals surface area (Å²) in [5.74, 6) is -1.90.